The summed E-state index contributed by atoms with van der Waals surface area (Å²) < 4.78 is 19.5. The van der Waals surface area contributed by atoms with E-state index in [1.165, 1.54) is 11.6 Å². The molecule has 1 aliphatic rings. The van der Waals surface area contributed by atoms with Gasteiger partial charge in [-0.2, -0.15) is 0 Å². The summed E-state index contributed by atoms with van der Waals surface area (Å²) in [6.07, 6.45) is -0.0447. The summed E-state index contributed by atoms with van der Waals surface area (Å²) in [6.45, 7) is 22.6. The van der Waals surface area contributed by atoms with E-state index in [9.17, 15) is 9.59 Å². The molecule has 222 valence electrons. The number of nitrogens with zero attached hydrogens (tertiary/aromatic N) is 1. The fraction of sp³-hybridized carbons (Fsp3) is 0.742. The Labute approximate surface area is 245 Å². The van der Waals surface area contributed by atoms with E-state index < -0.39 is 13.9 Å². The molecule has 4 atom stereocenters. The van der Waals surface area contributed by atoms with Crippen molar-refractivity contribution in [3.63, 3.8) is 0 Å². The van der Waals surface area contributed by atoms with E-state index in [-0.39, 0.29) is 36.4 Å². The minimum atomic E-state index is -2.18. The second kappa shape index (κ2) is 14.5. The second-order valence-electron chi connectivity index (χ2n) is 13.0. The summed E-state index contributed by atoms with van der Waals surface area (Å²) >= 11 is 0.316. The molecule has 1 aliphatic heterocycles. The number of carbonyl (C=O) groups is 2. The molecule has 0 saturated carbocycles. The van der Waals surface area contributed by atoms with E-state index in [1.807, 2.05) is 31.7 Å². The topological polar surface area (TPSA) is 65.1 Å². The number of amides is 1. The quantitative estimate of drug-likeness (QED) is 0.191. The van der Waals surface area contributed by atoms with E-state index in [4.69, 9.17) is 13.9 Å². The summed E-state index contributed by atoms with van der Waals surface area (Å²) in [5.41, 5.74) is 0.677. The first-order valence-corrected chi connectivity index (χ1v) is 18.7. The molecule has 1 unspecified atom stereocenters. The number of rotatable bonds is 12. The Bertz CT molecular complexity index is 896. The number of hydrogen-bond donors (Lipinski definition) is 0. The molecule has 1 amide bonds. The normalized spacial score (nSPS) is 21.1. The van der Waals surface area contributed by atoms with Gasteiger partial charge in [-0.3, -0.25) is 0 Å². The van der Waals surface area contributed by atoms with Gasteiger partial charge in [0.25, 0.3) is 0 Å². The van der Waals surface area contributed by atoms with Crippen molar-refractivity contribution in [2.45, 2.75) is 109 Å². The number of methoxy groups -OCH3 is 1. The summed E-state index contributed by atoms with van der Waals surface area (Å²) in [5, 5.41) is 1.04. The third-order valence-corrected chi connectivity index (χ3v) is 17.1. The van der Waals surface area contributed by atoms with Gasteiger partial charge in [-0.25, -0.2) is 0 Å². The van der Waals surface area contributed by atoms with Crippen LogP contribution in [0.3, 0.4) is 0 Å². The molecule has 1 aromatic rings. The predicted molar refractivity (Wildman–Crippen MR) is 163 cm³/mol. The number of hydrogen-bond acceptors (Lipinski definition) is 5. The zero-order chi connectivity index (χ0) is 29.5. The summed E-state index contributed by atoms with van der Waals surface area (Å²) in [5.74, 6) is 0.202. The van der Waals surface area contributed by atoms with Crippen molar-refractivity contribution in [2.75, 3.05) is 20.3 Å². The molecule has 0 aliphatic carbocycles. The van der Waals surface area contributed by atoms with Crippen molar-refractivity contribution in [1.29, 1.82) is 0 Å². The van der Waals surface area contributed by atoms with Crippen LogP contribution < -0.4 is 4.46 Å². The Hall–Kier alpha value is -1.34. The molecule has 1 heterocycles. The molecule has 0 radical (unpaired) electrons. The van der Waals surface area contributed by atoms with E-state index >= 15 is 0 Å². The summed E-state index contributed by atoms with van der Waals surface area (Å²) in [7, 11) is -0.740. The molecular formula is C31H53NO5SeSi. The molecule has 0 aromatic heterocycles. The predicted octanol–water partition coefficient (Wildman–Crippen LogP) is 6.68. The van der Waals surface area contributed by atoms with Crippen LogP contribution in [-0.4, -0.2) is 72.1 Å². The van der Waals surface area contributed by atoms with Crippen LogP contribution in [0.2, 0.25) is 21.9 Å². The van der Waals surface area contributed by atoms with Crippen LogP contribution in [0.1, 0.15) is 75.7 Å². The number of benzene rings is 1. The van der Waals surface area contributed by atoms with Gasteiger partial charge in [0, 0.05) is 0 Å². The first kappa shape index (κ1) is 33.9. The molecule has 1 saturated heterocycles. The third-order valence-electron chi connectivity index (χ3n) is 8.31. The van der Waals surface area contributed by atoms with Crippen LogP contribution in [0, 0.1) is 17.8 Å². The average Bonchev–Trinajstić information content (AvgIpc) is 3.20. The van der Waals surface area contributed by atoms with Crippen molar-refractivity contribution in [2.24, 2.45) is 17.8 Å². The van der Waals surface area contributed by atoms with Crippen LogP contribution in [0.4, 0.5) is 4.79 Å². The third kappa shape index (κ3) is 8.82. The fourth-order valence-electron chi connectivity index (χ4n) is 6.52. The minimum absolute atomic E-state index is 0.0512. The Morgan fingerprint density at radius 1 is 1.00 bits per heavy atom. The zero-order valence-corrected chi connectivity index (χ0v) is 28.9. The van der Waals surface area contributed by atoms with E-state index in [0.29, 0.717) is 50.6 Å². The number of likely N-dealkylation sites (tertiary alicyclic amines) is 1. The van der Waals surface area contributed by atoms with Crippen LogP contribution in [0.25, 0.3) is 0 Å². The van der Waals surface area contributed by atoms with E-state index in [0.717, 1.165) is 5.32 Å². The molecule has 0 N–H and O–H groups in total. The van der Waals surface area contributed by atoms with E-state index in [2.05, 4.69) is 72.7 Å². The maximum absolute atomic E-state index is 13.6. The van der Waals surface area contributed by atoms with Gasteiger partial charge in [-0.15, -0.1) is 0 Å². The standard InChI is InChI=1S/C31H53NO5SeSi/c1-21(2)39(22(3)4,23(5)6)36-19-28-26(17-29(33)35-11)27(18-32(28)30(34)37-31(8,9)10)24(7)20-38-25-15-13-12-14-16-25/h12-16,21-24,26-28H,17-20H2,1-11H3/t24?,26-,27+,28+/m0/s1. The Kier molecular flexibility index (Phi) is 12.6. The first-order chi connectivity index (χ1) is 18.1. The molecule has 6 nitrogen and oxygen atoms in total. The Balaban J connectivity index is 2.43. The van der Waals surface area contributed by atoms with Gasteiger partial charge in [0.15, 0.2) is 0 Å². The molecule has 1 aromatic carbocycles. The SMILES string of the molecule is COC(=O)C[C@H]1[C@@H](C(C)C[Se]c2ccccc2)CN(C(=O)OC(C)(C)C)[C@@H]1CO[Si](C(C)C)(C(C)C)C(C)C. The molecule has 39 heavy (non-hydrogen) atoms. The fourth-order valence-corrected chi connectivity index (χ4v) is 14.2. The molecule has 0 bridgehead atoms. The Morgan fingerprint density at radius 3 is 2.05 bits per heavy atom. The molecular weight excluding hydrogens is 573 g/mol. The number of esters is 1. The monoisotopic (exact) mass is 627 g/mol. The van der Waals surface area contributed by atoms with Crippen molar-refractivity contribution in [3.8, 4) is 0 Å². The van der Waals surface area contributed by atoms with Crippen molar-refractivity contribution in [3.05, 3.63) is 30.3 Å². The summed E-state index contributed by atoms with van der Waals surface area (Å²) in [6, 6.07) is 10.4. The first-order valence-electron chi connectivity index (χ1n) is 14.5. The van der Waals surface area contributed by atoms with Crippen LogP contribution >= 0.6 is 0 Å². The molecule has 8 heteroatoms. The molecule has 1 fully saturated rings. The van der Waals surface area contributed by atoms with Gasteiger partial charge < -0.3 is 0 Å². The van der Waals surface area contributed by atoms with Crippen molar-refractivity contribution < 1.29 is 23.5 Å². The van der Waals surface area contributed by atoms with Gasteiger partial charge in [-0.05, 0) is 0 Å². The van der Waals surface area contributed by atoms with Gasteiger partial charge in [-0.1, -0.05) is 0 Å². The summed E-state index contributed by atoms with van der Waals surface area (Å²) in [4.78, 5) is 28.2. The van der Waals surface area contributed by atoms with Gasteiger partial charge in [0.05, 0.1) is 0 Å². The zero-order valence-electron chi connectivity index (χ0n) is 26.2. The van der Waals surface area contributed by atoms with Crippen LogP contribution in [0.5, 0.6) is 0 Å². The Morgan fingerprint density at radius 2 is 1.56 bits per heavy atom. The average molecular weight is 627 g/mol. The van der Waals surface area contributed by atoms with E-state index in [1.54, 1.807) is 0 Å². The number of carbonyl (C=O) groups excluding carboxylic acids is 2. The van der Waals surface area contributed by atoms with Gasteiger partial charge in [0.2, 0.25) is 0 Å². The number of ether oxygens (including phenoxy) is 2. The van der Waals surface area contributed by atoms with Crippen molar-refractivity contribution >= 4 is 39.8 Å². The van der Waals surface area contributed by atoms with Gasteiger partial charge in [0.1, 0.15) is 0 Å². The molecule has 0 spiro atoms. The maximum atomic E-state index is 13.6. The van der Waals surface area contributed by atoms with Crippen molar-refractivity contribution in [1.82, 2.24) is 4.90 Å². The second-order valence-corrected chi connectivity index (χ2v) is 20.8. The molecule has 2 rings (SSSR count). The van der Waals surface area contributed by atoms with Crippen LogP contribution in [0.15, 0.2) is 30.3 Å². The van der Waals surface area contributed by atoms with Gasteiger partial charge >= 0.3 is 246 Å². The van der Waals surface area contributed by atoms with Crippen LogP contribution in [-0.2, 0) is 18.7 Å².